The predicted octanol–water partition coefficient (Wildman–Crippen LogP) is -0.456. The maximum absolute atomic E-state index is 11.9. The van der Waals surface area contributed by atoms with Crippen molar-refractivity contribution in [2.24, 2.45) is 4.99 Å². The zero-order valence-electron chi connectivity index (χ0n) is 13.4. The van der Waals surface area contributed by atoms with E-state index in [4.69, 9.17) is 53.8 Å². The van der Waals surface area contributed by atoms with Gasteiger partial charge >= 0.3 is 0 Å². The average molecular weight is 341 g/mol. The summed E-state index contributed by atoms with van der Waals surface area (Å²) in [5.74, 6) is 0. The number of hydrogen-bond donors (Lipinski definition) is 0. The van der Waals surface area contributed by atoms with Gasteiger partial charge < -0.3 is 9.13 Å². The van der Waals surface area contributed by atoms with E-state index in [-0.39, 0.29) is 19.3 Å². The van der Waals surface area contributed by atoms with Crippen molar-refractivity contribution in [3.63, 3.8) is 0 Å². The first-order valence-corrected chi connectivity index (χ1v) is 10.6. The second-order valence-electron chi connectivity index (χ2n) is 5.48. The van der Waals surface area contributed by atoms with Crippen molar-refractivity contribution >= 4 is 79.3 Å². The first kappa shape index (κ1) is 21.8. The zero-order valence-corrected chi connectivity index (χ0v) is 15.2. The van der Waals surface area contributed by atoms with Crippen LogP contribution in [0.1, 0.15) is 23.2 Å². The Morgan fingerprint density at radius 3 is 2.25 bits per heavy atom. The summed E-state index contributed by atoms with van der Waals surface area (Å²) in [4.78, 5) is 6.14. The Hall–Kier alpha value is -0.265. The third-order valence-electron chi connectivity index (χ3n) is 3.70. The first-order valence-electron chi connectivity index (χ1n) is 6.92. The van der Waals surface area contributed by atoms with E-state index in [1.54, 1.807) is 13.1 Å². The summed E-state index contributed by atoms with van der Waals surface area (Å²) < 4.78 is 23.9. The number of rotatable bonds is 7. The van der Waals surface area contributed by atoms with Gasteiger partial charge in [0.25, 0.3) is 0 Å². The SMILES string of the molecule is [B]Cc1cnc(C)c([B])c1C=NCCC([B])(P([B])([B])=O)P([B])([B])=O. The number of nitrogens with zero attached hydrogens (tertiary/aromatic N) is 2. The van der Waals surface area contributed by atoms with Crippen molar-refractivity contribution in [3.05, 3.63) is 23.0 Å². The monoisotopic (exact) mass is 342 g/mol. The van der Waals surface area contributed by atoms with Crippen LogP contribution in [-0.2, 0) is 15.5 Å². The minimum Gasteiger partial charge on any atom is -0.346 e. The van der Waals surface area contributed by atoms with E-state index in [1.807, 2.05) is 0 Å². The van der Waals surface area contributed by atoms with Gasteiger partial charge in [-0.3, -0.25) is 9.98 Å². The lowest BCUT2D eigenvalue weighted by Crippen LogP contribution is -2.31. The highest BCUT2D eigenvalue weighted by atomic mass is 31.2. The molecule has 0 bridgehead atoms. The number of pyridine rings is 1. The summed E-state index contributed by atoms with van der Waals surface area (Å²) in [6.45, 7) is -6.31. The second kappa shape index (κ2) is 7.96. The molecule has 1 aromatic rings. The van der Waals surface area contributed by atoms with Crippen molar-refractivity contribution in [2.45, 2.75) is 24.5 Å². The molecule has 1 rings (SSSR count). The number of aryl methyl sites for hydroxylation is 1. The van der Waals surface area contributed by atoms with Gasteiger partial charge in [0.1, 0.15) is 38.1 Å². The quantitative estimate of drug-likeness (QED) is 0.383. The Labute approximate surface area is 152 Å². The second-order valence-corrected chi connectivity index (χ2v) is 10.3. The highest BCUT2D eigenvalue weighted by Crippen LogP contribution is 2.67. The third-order valence-corrected chi connectivity index (χ3v) is 8.44. The van der Waals surface area contributed by atoms with Gasteiger partial charge in [-0.2, -0.15) is 0 Å². The van der Waals surface area contributed by atoms with Crippen LogP contribution in [-0.4, -0.2) is 76.3 Å². The van der Waals surface area contributed by atoms with E-state index >= 15 is 0 Å². The topological polar surface area (TPSA) is 59.4 Å². The molecule has 0 aliphatic heterocycles. The van der Waals surface area contributed by atoms with Gasteiger partial charge in [-0.1, -0.05) is 11.8 Å². The van der Waals surface area contributed by atoms with Crippen LogP contribution >= 0.6 is 13.8 Å². The fraction of sp³-hybridized carbons (Fsp3) is 0.455. The Kier molecular flexibility index (Phi) is 7.22. The molecule has 14 radical (unpaired) electrons. The summed E-state index contributed by atoms with van der Waals surface area (Å²) in [6, 6.07) is 0. The van der Waals surface area contributed by atoms with E-state index in [2.05, 4.69) is 9.98 Å². The Morgan fingerprint density at radius 1 is 1.25 bits per heavy atom. The normalized spacial score (nSPS) is 13.4. The smallest absolute Gasteiger partial charge is 0.149 e. The summed E-state index contributed by atoms with van der Waals surface area (Å²) in [5.41, 5.74) is 2.38. The third kappa shape index (κ3) is 4.67. The molecule has 0 saturated heterocycles. The van der Waals surface area contributed by atoms with E-state index in [1.165, 1.54) is 6.21 Å². The first-order chi connectivity index (χ1) is 10.8. The van der Waals surface area contributed by atoms with Crippen LogP contribution in [0, 0.1) is 6.92 Å². The van der Waals surface area contributed by atoms with E-state index < -0.39 is 18.6 Å². The molecule has 0 N–H and O–H groups in total. The van der Waals surface area contributed by atoms with Gasteiger partial charge in [-0.05, 0) is 38.3 Å². The van der Waals surface area contributed by atoms with E-state index in [0.717, 1.165) is 0 Å². The Bertz CT molecular complexity index is 709. The van der Waals surface area contributed by atoms with Crippen LogP contribution in [0.25, 0.3) is 0 Å². The van der Waals surface area contributed by atoms with E-state index in [9.17, 15) is 9.13 Å². The lowest BCUT2D eigenvalue weighted by molar-refractivity contribution is 0.571. The highest BCUT2D eigenvalue weighted by molar-refractivity contribution is 8.21. The van der Waals surface area contributed by atoms with Crippen molar-refractivity contribution in [1.82, 2.24) is 4.98 Å². The highest BCUT2D eigenvalue weighted by Gasteiger charge is 2.43. The standard InChI is InChI=1S/C11H11B7N2O2P2/c1-7-10(13)9(8(4-12)5-20-7)6-19-3-2-11(14,23(15,16)21)24(17,18)22/h5-6H,2-4H2,1H3. The van der Waals surface area contributed by atoms with Gasteiger partial charge in [0.15, 0.2) is 0 Å². The molecule has 0 amide bonds. The molecule has 24 heavy (non-hydrogen) atoms. The van der Waals surface area contributed by atoms with Gasteiger partial charge in [0.2, 0.25) is 0 Å². The molecule has 1 heterocycles. The van der Waals surface area contributed by atoms with Crippen LogP contribution in [0.3, 0.4) is 0 Å². The van der Waals surface area contributed by atoms with Crippen LogP contribution < -0.4 is 5.46 Å². The molecule has 0 aromatic carbocycles. The molecule has 1 aromatic heterocycles. The van der Waals surface area contributed by atoms with Crippen LogP contribution in [0.2, 0.25) is 0 Å². The van der Waals surface area contributed by atoms with Gasteiger partial charge in [0, 0.05) is 29.4 Å². The number of aliphatic imine (C=N–C) groups is 1. The molecule has 0 fully saturated rings. The molecule has 0 unspecified atom stereocenters. The molecule has 0 spiro atoms. The van der Waals surface area contributed by atoms with Crippen LogP contribution in [0.4, 0.5) is 0 Å². The average Bonchev–Trinajstić information content (AvgIpc) is 2.45. The number of hydrogen-bond acceptors (Lipinski definition) is 4. The molecule has 108 valence electrons. The fourth-order valence-electron chi connectivity index (χ4n) is 1.98. The molecular weight excluding hydrogens is 330 g/mol. The molecule has 13 heteroatoms. The summed E-state index contributed by atoms with van der Waals surface area (Å²) in [5, 5.41) is 0. The maximum atomic E-state index is 11.9. The Morgan fingerprint density at radius 2 is 1.79 bits per heavy atom. The van der Waals surface area contributed by atoms with Crippen molar-refractivity contribution in [1.29, 1.82) is 0 Å². The Balaban J connectivity index is 3.02. The summed E-state index contributed by atoms with van der Waals surface area (Å²) in [7, 11) is 38.8. The van der Waals surface area contributed by atoms with Crippen molar-refractivity contribution in [3.8, 4) is 0 Å². The molecule has 0 aliphatic rings. The van der Waals surface area contributed by atoms with Crippen molar-refractivity contribution < 1.29 is 9.13 Å². The van der Waals surface area contributed by atoms with E-state index in [0.29, 0.717) is 22.3 Å². The summed E-state index contributed by atoms with van der Waals surface area (Å²) >= 11 is 0. The largest absolute Gasteiger partial charge is 0.346 e. The van der Waals surface area contributed by atoms with Gasteiger partial charge in [0.05, 0.1) is 15.7 Å². The van der Waals surface area contributed by atoms with Gasteiger partial charge in [-0.15, -0.1) is 0 Å². The molecule has 4 nitrogen and oxygen atoms in total. The van der Waals surface area contributed by atoms with Gasteiger partial charge in [-0.25, -0.2) is 0 Å². The summed E-state index contributed by atoms with van der Waals surface area (Å²) in [6.07, 6.45) is 3.08. The lowest BCUT2D eigenvalue weighted by Gasteiger charge is -2.40. The predicted molar refractivity (Wildman–Crippen MR) is 108 cm³/mol. The zero-order chi connectivity index (χ0) is 18.8. The van der Waals surface area contributed by atoms with Crippen LogP contribution in [0.5, 0.6) is 0 Å². The lowest BCUT2D eigenvalue weighted by atomic mass is 9.84. The molecular formula is C11H11B7N2O2P2. The molecule has 0 atom stereocenters. The minimum absolute atomic E-state index is 0.0158. The van der Waals surface area contributed by atoms with Crippen molar-refractivity contribution in [2.75, 3.05) is 6.54 Å². The molecule has 0 aliphatic carbocycles. The minimum atomic E-state index is -4.02. The molecule has 0 saturated carbocycles. The maximum Gasteiger partial charge on any atom is 0.149 e. The van der Waals surface area contributed by atoms with Crippen LogP contribution in [0.15, 0.2) is 11.2 Å². The fourth-order valence-corrected chi connectivity index (χ4v) is 4.83. The number of aromatic nitrogens is 1.